The topological polar surface area (TPSA) is 99.2 Å². The number of nitrogens with zero attached hydrogens (tertiary/aromatic N) is 2. The highest BCUT2D eigenvalue weighted by molar-refractivity contribution is 6.07. The predicted octanol–water partition coefficient (Wildman–Crippen LogP) is 2.88. The first-order valence-corrected chi connectivity index (χ1v) is 8.07. The molecule has 3 aromatic rings. The number of benzene rings is 2. The molecule has 0 aliphatic carbocycles. The van der Waals surface area contributed by atoms with Crippen molar-refractivity contribution in [3.8, 4) is 5.69 Å². The molecule has 0 spiro atoms. The van der Waals surface area contributed by atoms with E-state index in [0.717, 1.165) is 0 Å². The maximum Gasteiger partial charge on any atom is 0.343 e. The average molecular weight is 350 g/mol. The number of hydrogen-bond donors (Lipinski definition) is 2. The molecule has 3 N–H and O–H groups in total. The van der Waals surface area contributed by atoms with Gasteiger partial charge in [0, 0.05) is 11.3 Å². The lowest BCUT2D eigenvalue weighted by atomic mass is 10.2. The summed E-state index contributed by atoms with van der Waals surface area (Å²) in [6.07, 6.45) is 1.38. The number of hydrogen-bond acceptors (Lipinski definition) is 5. The van der Waals surface area contributed by atoms with Crippen LogP contribution in [0.2, 0.25) is 0 Å². The van der Waals surface area contributed by atoms with Gasteiger partial charge in [-0.25, -0.2) is 9.48 Å². The SMILES string of the molecule is CCOC(=O)c1cnn(-c2ccccc2)c1NC(=O)c1ccc(N)cc1. The van der Waals surface area contributed by atoms with Gasteiger partial charge < -0.3 is 15.8 Å². The summed E-state index contributed by atoms with van der Waals surface area (Å²) in [6, 6.07) is 15.7. The summed E-state index contributed by atoms with van der Waals surface area (Å²) in [5.74, 6) is -0.688. The van der Waals surface area contributed by atoms with Gasteiger partial charge in [0.2, 0.25) is 0 Å². The maximum atomic E-state index is 12.6. The molecule has 0 saturated heterocycles. The molecule has 0 fully saturated rings. The molecule has 1 amide bonds. The third-order valence-corrected chi connectivity index (χ3v) is 3.67. The lowest BCUT2D eigenvalue weighted by Crippen LogP contribution is -2.18. The third kappa shape index (κ3) is 3.56. The number of para-hydroxylation sites is 1. The molecule has 26 heavy (non-hydrogen) atoms. The van der Waals surface area contributed by atoms with Gasteiger partial charge in [-0.3, -0.25) is 4.79 Å². The van der Waals surface area contributed by atoms with Crippen LogP contribution in [0.4, 0.5) is 11.5 Å². The minimum Gasteiger partial charge on any atom is -0.462 e. The summed E-state index contributed by atoms with van der Waals surface area (Å²) in [7, 11) is 0. The Hall–Kier alpha value is -3.61. The number of rotatable bonds is 5. The van der Waals surface area contributed by atoms with Gasteiger partial charge in [0.05, 0.1) is 18.5 Å². The van der Waals surface area contributed by atoms with E-state index in [-0.39, 0.29) is 23.9 Å². The Morgan fingerprint density at radius 2 is 1.81 bits per heavy atom. The van der Waals surface area contributed by atoms with E-state index >= 15 is 0 Å². The van der Waals surface area contributed by atoms with Gasteiger partial charge in [0.15, 0.2) is 5.82 Å². The van der Waals surface area contributed by atoms with E-state index in [1.165, 1.54) is 10.9 Å². The van der Waals surface area contributed by atoms with Gasteiger partial charge in [0.25, 0.3) is 5.91 Å². The van der Waals surface area contributed by atoms with E-state index in [1.54, 1.807) is 31.2 Å². The average Bonchev–Trinajstić information content (AvgIpc) is 3.07. The van der Waals surface area contributed by atoms with Crippen molar-refractivity contribution >= 4 is 23.4 Å². The highest BCUT2D eigenvalue weighted by Gasteiger charge is 2.22. The summed E-state index contributed by atoms with van der Waals surface area (Å²) >= 11 is 0. The molecular weight excluding hydrogens is 332 g/mol. The highest BCUT2D eigenvalue weighted by Crippen LogP contribution is 2.22. The first-order chi connectivity index (χ1) is 12.6. The molecule has 1 aromatic heterocycles. The minimum absolute atomic E-state index is 0.180. The fourth-order valence-corrected chi connectivity index (χ4v) is 2.41. The van der Waals surface area contributed by atoms with Crippen LogP contribution in [-0.2, 0) is 4.74 Å². The Morgan fingerprint density at radius 3 is 2.46 bits per heavy atom. The number of aromatic nitrogens is 2. The van der Waals surface area contributed by atoms with Gasteiger partial charge in [-0.05, 0) is 43.3 Å². The van der Waals surface area contributed by atoms with Crippen molar-refractivity contribution < 1.29 is 14.3 Å². The summed E-state index contributed by atoms with van der Waals surface area (Å²) in [6.45, 7) is 1.94. The molecule has 0 unspecified atom stereocenters. The van der Waals surface area contributed by atoms with Gasteiger partial charge in [0.1, 0.15) is 5.56 Å². The van der Waals surface area contributed by atoms with E-state index in [4.69, 9.17) is 10.5 Å². The van der Waals surface area contributed by atoms with Crippen LogP contribution >= 0.6 is 0 Å². The molecule has 2 aromatic carbocycles. The lowest BCUT2D eigenvalue weighted by Gasteiger charge is -2.11. The molecule has 7 nitrogen and oxygen atoms in total. The Kier molecular flexibility index (Phi) is 4.98. The number of esters is 1. The smallest absolute Gasteiger partial charge is 0.343 e. The molecular formula is C19H18N4O3. The molecule has 0 saturated carbocycles. The second kappa shape index (κ2) is 7.52. The van der Waals surface area contributed by atoms with E-state index < -0.39 is 5.97 Å². The van der Waals surface area contributed by atoms with Crippen molar-refractivity contribution in [3.05, 3.63) is 71.9 Å². The number of amides is 1. The largest absolute Gasteiger partial charge is 0.462 e. The van der Waals surface area contributed by atoms with Crippen LogP contribution in [0, 0.1) is 0 Å². The number of anilines is 2. The van der Waals surface area contributed by atoms with Crippen molar-refractivity contribution in [3.63, 3.8) is 0 Å². The molecule has 1 heterocycles. The third-order valence-electron chi connectivity index (χ3n) is 3.67. The van der Waals surface area contributed by atoms with E-state index in [0.29, 0.717) is 16.9 Å². The Bertz CT molecular complexity index is 918. The van der Waals surface area contributed by atoms with Gasteiger partial charge >= 0.3 is 5.97 Å². The molecule has 0 aliphatic heterocycles. The fourth-order valence-electron chi connectivity index (χ4n) is 2.41. The standard InChI is InChI=1S/C19H18N4O3/c1-2-26-19(25)16-12-21-23(15-6-4-3-5-7-15)17(16)22-18(24)13-8-10-14(20)11-9-13/h3-12H,2,20H2,1H3,(H,22,24). The van der Waals surface area contributed by atoms with Crippen LogP contribution in [0.15, 0.2) is 60.8 Å². The molecule has 132 valence electrons. The van der Waals surface area contributed by atoms with E-state index in [9.17, 15) is 9.59 Å². The van der Waals surface area contributed by atoms with Gasteiger partial charge in [-0.1, -0.05) is 18.2 Å². The van der Waals surface area contributed by atoms with Crippen molar-refractivity contribution in [2.45, 2.75) is 6.92 Å². The first kappa shape index (κ1) is 17.2. The highest BCUT2D eigenvalue weighted by atomic mass is 16.5. The monoisotopic (exact) mass is 350 g/mol. The normalized spacial score (nSPS) is 10.3. The summed E-state index contributed by atoms with van der Waals surface area (Å²) in [5.41, 5.74) is 7.51. The zero-order valence-electron chi connectivity index (χ0n) is 14.2. The fraction of sp³-hybridized carbons (Fsp3) is 0.105. The van der Waals surface area contributed by atoms with Gasteiger partial charge in [-0.2, -0.15) is 5.10 Å². The molecule has 0 radical (unpaired) electrons. The number of carbonyl (C=O) groups is 2. The summed E-state index contributed by atoms with van der Waals surface area (Å²) in [4.78, 5) is 24.8. The van der Waals surface area contributed by atoms with Crippen LogP contribution in [0.25, 0.3) is 5.69 Å². The Balaban J connectivity index is 1.99. The molecule has 7 heteroatoms. The number of nitrogen functional groups attached to an aromatic ring is 1. The summed E-state index contributed by atoms with van der Waals surface area (Å²) in [5, 5.41) is 6.98. The lowest BCUT2D eigenvalue weighted by molar-refractivity contribution is 0.0527. The quantitative estimate of drug-likeness (QED) is 0.544. The molecule has 0 aliphatic rings. The Labute approximate surface area is 150 Å². The van der Waals surface area contributed by atoms with Crippen LogP contribution in [0.3, 0.4) is 0 Å². The van der Waals surface area contributed by atoms with Gasteiger partial charge in [-0.15, -0.1) is 0 Å². The second-order valence-electron chi connectivity index (χ2n) is 5.45. The molecule has 0 bridgehead atoms. The van der Waals surface area contributed by atoms with E-state index in [1.807, 2.05) is 30.3 Å². The molecule has 3 rings (SSSR count). The Morgan fingerprint density at radius 1 is 1.12 bits per heavy atom. The maximum absolute atomic E-state index is 12.6. The molecule has 0 atom stereocenters. The van der Waals surface area contributed by atoms with Crippen LogP contribution < -0.4 is 11.1 Å². The van der Waals surface area contributed by atoms with Crippen molar-refractivity contribution in [2.75, 3.05) is 17.7 Å². The van der Waals surface area contributed by atoms with Crippen LogP contribution in [-0.4, -0.2) is 28.3 Å². The van der Waals surface area contributed by atoms with Crippen molar-refractivity contribution in [1.82, 2.24) is 9.78 Å². The minimum atomic E-state index is -0.553. The number of carbonyl (C=O) groups excluding carboxylic acids is 2. The summed E-state index contributed by atoms with van der Waals surface area (Å²) < 4.78 is 6.55. The van der Waals surface area contributed by atoms with E-state index in [2.05, 4.69) is 10.4 Å². The predicted molar refractivity (Wildman–Crippen MR) is 98.3 cm³/mol. The van der Waals surface area contributed by atoms with Crippen molar-refractivity contribution in [2.24, 2.45) is 0 Å². The number of nitrogens with two attached hydrogens (primary N) is 1. The van der Waals surface area contributed by atoms with Crippen LogP contribution in [0.5, 0.6) is 0 Å². The number of ether oxygens (including phenoxy) is 1. The second-order valence-corrected chi connectivity index (χ2v) is 5.45. The zero-order valence-corrected chi connectivity index (χ0v) is 14.2. The first-order valence-electron chi connectivity index (χ1n) is 8.07. The van der Waals surface area contributed by atoms with Crippen LogP contribution in [0.1, 0.15) is 27.6 Å². The number of nitrogens with one attached hydrogen (secondary N) is 1. The zero-order chi connectivity index (χ0) is 18.5. The van der Waals surface area contributed by atoms with Crippen molar-refractivity contribution in [1.29, 1.82) is 0 Å².